The number of halogens is 1. The molecular formula is C13H15ClN3O2+. The maximum absolute atomic E-state index is 11.9. The Kier molecular flexibility index (Phi) is 4.74. The first-order valence-corrected chi connectivity index (χ1v) is 6.47. The summed E-state index contributed by atoms with van der Waals surface area (Å²) in [6.07, 6.45) is 0. The van der Waals surface area contributed by atoms with Crippen LogP contribution in [-0.4, -0.2) is 38.8 Å². The van der Waals surface area contributed by atoms with E-state index in [9.17, 15) is 4.79 Å². The molecule has 1 saturated heterocycles. The molecule has 0 atom stereocenters. The molecule has 1 aliphatic rings. The highest BCUT2D eigenvalue weighted by molar-refractivity contribution is 6.32. The number of hydrogen-bond acceptors (Lipinski definition) is 3. The van der Waals surface area contributed by atoms with Gasteiger partial charge in [-0.2, -0.15) is 5.26 Å². The number of amides is 1. The molecule has 1 aliphatic heterocycles. The molecule has 0 aliphatic carbocycles. The molecule has 19 heavy (non-hydrogen) atoms. The van der Waals surface area contributed by atoms with E-state index in [1.807, 2.05) is 6.07 Å². The van der Waals surface area contributed by atoms with Crippen molar-refractivity contribution < 1.29 is 14.4 Å². The molecule has 5 nitrogen and oxygen atoms in total. The molecule has 0 saturated carbocycles. The molecule has 2 N–H and O–H groups in total. The fraction of sp³-hybridized carbons (Fsp3) is 0.385. The van der Waals surface area contributed by atoms with Crippen LogP contribution in [0.3, 0.4) is 0 Å². The Hall–Kier alpha value is -1.61. The number of carbonyl (C=O) groups excluding carboxylic acids is 1. The van der Waals surface area contributed by atoms with Crippen molar-refractivity contribution in [1.29, 1.82) is 5.26 Å². The standard InChI is InChI=1S/C13H14ClN3O2/c14-12-7-11(2-1-10(12)8-15)16-13(18)9-17-3-5-19-6-4-17/h1-2,7H,3-6,9H2,(H,16,18)/p+1. The Balaban J connectivity index is 1.91. The summed E-state index contributed by atoms with van der Waals surface area (Å²) in [5.74, 6) is -0.0577. The molecule has 0 radical (unpaired) electrons. The van der Waals surface area contributed by atoms with Crippen LogP contribution in [0.15, 0.2) is 18.2 Å². The maximum atomic E-state index is 11.9. The summed E-state index contributed by atoms with van der Waals surface area (Å²) in [7, 11) is 0. The Morgan fingerprint density at radius 2 is 2.21 bits per heavy atom. The minimum Gasteiger partial charge on any atom is -0.370 e. The number of ether oxygens (including phenoxy) is 1. The number of hydrogen-bond donors (Lipinski definition) is 2. The summed E-state index contributed by atoms with van der Waals surface area (Å²) in [6.45, 7) is 3.51. The van der Waals surface area contributed by atoms with Gasteiger partial charge in [-0.25, -0.2) is 0 Å². The van der Waals surface area contributed by atoms with Crippen molar-refractivity contribution in [1.82, 2.24) is 0 Å². The van der Waals surface area contributed by atoms with Crippen molar-refractivity contribution in [2.24, 2.45) is 0 Å². The molecule has 1 heterocycles. The Bertz CT molecular complexity index is 507. The molecule has 0 aromatic heterocycles. The lowest BCUT2D eigenvalue weighted by atomic mass is 10.2. The van der Waals surface area contributed by atoms with Gasteiger partial charge in [0, 0.05) is 5.69 Å². The second kappa shape index (κ2) is 6.53. The average molecular weight is 281 g/mol. The molecule has 100 valence electrons. The van der Waals surface area contributed by atoms with E-state index < -0.39 is 0 Å². The van der Waals surface area contributed by atoms with Crippen LogP contribution in [-0.2, 0) is 9.53 Å². The molecule has 0 bridgehead atoms. The maximum Gasteiger partial charge on any atom is 0.279 e. The lowest BCUT2D eigenvalue weighted by molar-refractivity contribution is -0.899. The van der Waals surface area contributed by atoms with Gasteiger partial charge in [-0.05, 0) is 18.2 Å². The summed E-state index contributed by atoms with van der Waals surface area (Å²) in [4.78, 5) is 13.1. The third-order valence-corrected chi connectivity index (χ3v) is 3.30. The zero-order valence-corrected chi connectivity index (χ0v) is 11.2. The van der Waals surface area contributed by atoms with Gasteiger partial charge in [-0.3, -0.25) is 4.79 Å². The number of nitriles is 1. The van der Waals surface area contributed by atoms with E-state index in [1.54, 1.807) is 18.2 Å². The molecule has 0 spiro atoms. The highest BCUT2D eigenvalue weighted by Gasteiger charge is 2.17. The van der Waals surface area contributed by atoms with Crippen LogP contribution in [0.5, 0.6) is 0 Å². The van der Waals surface area contributed by atoms with Gasteiger partial charge < -0.3 is 15.0 Å². The smallest absolute Gasteiger partial charge is 0.279 e. The monoisotopic (exact) mass is 280 g/mol. The van der Waals surface area contributed by atoms with Crippen LogP contribution in [0, 0.1) is 11.3 Å². The van der Waals surface area contributed by atoms with E-state index in [-0.39, 0.29) is 5.91 Å². The first-order chi connectivity index (χ1) is 9.19. The molecule has 1 fully saturated rings. The van der Waals surface area contributed by atoms with E-state index in [0.717, 1.165) is 13.1 Å². The predicted octanol–water partition coefficient (Wildman–Crippen LogP) is 0.0653. The Morgan fingerprint density at radius 3 is 2.84 bits per heavy atom. The quantitative estimate of drug-likeness (QED) is 0.823. The second-order valence-electron chi connectivity index (χ2n) is 4.39. The number of benzene rings is 1. The van der Waals surface area contributed by atoms with Gasteiger partial charge in [0.25, 0.3) is 5.91 Å². The van der Waals surface area contributed by atoms with Crippen molar-refractivity contribution in [3.63, 3.8) is 0 Å². The number of carbonyl (C=O) groups is 1. The first kappa shape index (κ1) is 13.8. The molecule has 2 rings (SSSR count). The molecular weight excluding hydrogens is 266 g/mol. The van der Waals surface area contributed by atoms with Crippen LogP contribution in [0.25, 0.3) is 0 Å². The van der Waals surface area contributed by atoms with Gasteiger partial charge in [-0.15, -0.1) is 0 Å². The predicted molar refractivity (Wildman–Crippen MR) is 71.2 cm³/mol. The third kappa shape index (κ3) is 3.93. The van der Waals surface area contributed by atoms with E-state index >= 15 is 0 Å². The van der Waals surface area contributed by atoms with E-state index in [4.69, 9.17) is 21.6 Å². The number of morpholine rings is 1. The van der Waals surface area contributed by atoms with Gasteiger partial charge in [-0.1, -0.05) is 11.6 Å². The Labute approximate surface area is 116 Å². The van der Waals surface area contributed by atoms with Gasteiger partial charge in [0.2, 0.25) is 0 Å². The number of quaternary nitrogens is 1. The van der Waals surface area contributed by atoms with E-state index in [1.165, 1.54) is 4.90 Å². The molecule has 6 heteroatoms. The first-order valence-electron chi connectivity index (χ1n) is 6.10. The number of nitrogens with one attached hydrogen (secondary N) is 2. The largest absolute Gasteiger partial charge is 0.370 e. The SMILES string of the molecule is N#Cc1ccc(NC(=O)C[NH+]2CCOCC2)cc1Cl. The zero-order chi connectivity index (χ0) is 13.7. The highest BCUT2D eigenvalue weighted by atomic mass is 35.5. The zero-order valence-electron chi connectivity index (χ0n) is 10.4. The average Bonchev–Trinajstić information content (AvgIpc) is 2.40. The highest BCUT2D eigenvalue weighted by Crippen LogP contribution is 2.19. The summed E-state index contributed by atoms with van der Waals surface area (Å²) in [5, 5.41) is 11.9. The molecule has 1 aromatic rings. The fourth-order valence-corrected chi connectivity index (χ4v) is 2.18. The summed E-state index contributed by atoms with van der Waals surface area (Å²) in [5.41, 5.74) is 1.01. The van der Waals surface area contributed by atoms with Crippen LogP contribution in [0.4, 0.5) is 5.69 Å². The van der Waals surface area contributed by atoms with E-state index in [2.05, 4.69) is 5.32 Å². The van der Waals surface area contributed by atoms with Crippen molar-refractivity contribution in [2.75, 3.05) is 38.2 Å². The fourth-order valence-electron chi connectivity index (χ4n) is 1.95. The minimum atomic E-state index is -0.0577. The van der Waals surface area contributed by atoms with Crippen LogP contribution >= 0.6 is 11.6 Å². The number of anilines is 1. The second-order valence-corrected chi connectivity index (χ2v) is 4.80. The summed E-state index contributed by atoms with van der Waals surface area (Å²) in [6, 6.07) is 6.84. The number of rotatable bonds is 3. The topological polar surface area (TPSA) is 66.6 Å². The number of nitrogens with zero attached hydrogens (tertiary/aromatic N) is 1. The lowest BCUT2D eigenvalue weighted by Gasteiger charge is -2.23. The molecule has 0 unspecified atom stereocenters. The summed E-state index contributed by atoms with van der Waals surface area (Å²) < 4.78 is 5.24. The lowest BCUT2D eigenvalue weighted by Crippen LogP contribution is -3.15. The van der Waals surface area contributed by atoms with Crippen LogP contribution in [0.2, 0.25) is 5.02 Å². The van der Waals surface area contributed by atoms with Crippen molar-refractivity contribution in [2.45, 2.75) is 0 Å². The van der Waals surface area contributed by atoms with Gasteiger partial charge in [0.15, 0.2) is 6.54 Å². The Morgan fingerprint density at radius 1 is 1.47 bits per heavy atom. The van der Waals surface area contributed by atoms with E-state index in [0.29, 0.717) is 36.0 Å². The van der Waals surface area contributed by atoms with Crippen molar-refractivity contribution in [3.05, 3.63) is 28.8 Å². The van der Waals surface area contributed by atoms with Crippen LogP contribution in [0.1, 0.15) is 5.56 Å². The molecule has 1 amide bonds. The van der Waals surface area contributed by atoms with Crippen molar-refractivity contribution in [3.8, 4) is 6.07 Å². The van der Waals surface area contributed by atoms with Crippen LogP contribution < -0.4 is 10.2 Å². The van der Waals surface area contributed by atoms with Gasteiger partial charge >= 0.3 is 0 Å². The van der Waals surface area contributed by atoms with Gasteiger partial charge in [0.05, 0.1) is 23.8 Å². The third-order valence-electron chi connectivity index (χ3n) is 2.98. The van der Waals surface area contributed by atoms with Gasteiger partial charge in [0.1, 0.15) is 19.2 Å². The summed E-state index contributed by atoms with van der Waals surface area (Å²) >= 11 is 5.91. The molecule has 1 aromatic carbocycles. The van der Waals surface area contributed by atoms with Crippen molar-refractivity contribution >= 4 is 23.2 Å². The minimum absolute atomic E-state index is 0.0577. The normalized spacial score (nSPS) is 15.8.